The number of carbonyl (C=O) groups excluding carboxylic acids is 1. The minimum Gasteiger partial charge on any atom is -0.497 e. The second kappa shape index (κ2) is 9.78. The Morgan fingerprint density at radius 1 is 1.29 bits per heavy atom. The summed E-state index contributed by atoms with van der Waals surface area (Å²) >= 11 is 7.60. The molecule has 0 atom stereocenters. The number of ether oxygens (including phenoxy) is 1. The molecule has 0 fully saturated rings. The van der Waals surface area contributed by atoms with Gasteiger partial charge < -0.3 is 14.6 Å². The minimum absolute atomic E-state index is 0. The number of aryl methyl sites for hydroxylation is 1. The number of nitrogens with zero attached hydrogens (tertiary/aromatic N) is 2. The number of amides is 1. The number of hydrogen-bond acceptors (Lipinski definition) is 4. The third-order valence-corrected chi connectivity index (χ3v) is 5.47. The van der Waals surface area contributed by atoms with Gasteiger partial charge in [0, 0.05) is 34.9 Å². The molecule has 1 amide bonds. The van der Waals surface area contributed by atoms with Crippen LogP contribution in [0.1, 0.15) is 11.3 Å². The molecule has 3 aromatic rings. The van der Waals surface area contributed by atoms with Crippen molar-refractivity contribution in [1.29, 1.82) is 0 Å². The van der Waals surface area contributed by atoms with Crippen molar-refractivity contribution < 1.29 is 9.53 Å². The number of hydrogen-bond donors (Lipinski definition) is 1. The summed E-state index contributed by atoms with van der Waals surface area (Å²) in [6.45, 7) is 1.92. The number of carbonyl (C=O) groups is 1. The summed E-state index contributed by atoms with van der Waals surface area (Å²) in [6.07, 6.45) is 0.256. The summed E-state index contributed by atoms with van der Waals surface area (Å²) in [7, 11) is 3.53. The Kier molecular flexibility index (Phi) is 7.69. The van der Waals surface area contributed by atoms with Crippen LogP contribution >= 0.6 is 35.3 Å². The fourth-order valence-electron chi connectivity index (χ4n) is 2.49. The highest BCUT2D eigenvalue weighted by atomic mass is 35.5. The molecule has 148 valence electrons. The normalized spacial score (nSPS) is 11.1. The number of anilines is 1. The van der Waals surface area contributed by atoms with E-state index in [9.17, 15) is 4.79 Å². The van der Waals surface area contributed by atoms with Crippen molar-refractivity contribution in [3.05, 3.63) is 68.9 Å². The summed E-state index contributed by atoms with van der Waals surface area (Å²) in [4.78, 5) is 17.8. The zero-order valence-corrected chi connectivity index (χ0v) is 18.1. The molecule has 2 aromatic carbocycles. The lowest BCUT2D eigenvalue weighted by molar-refractivity contribution is -0.115. The molecule has 0 aliphatic rings. The third-order valence-electron chi connectivity index (χ3n) is 4.09. The maximum atomic E-state index is 12.4. The van der Waals surface area contributed by atoms with Gasteiger partial charge >= 0.3 is 0 Å². The molecule has 28 heavy (non-hydrogen) atoms. The maximum Gasteiger partial charge on any atom is 0.230 e. The molecule has 8 heteroatoms. The Hall–Kier alpha value is -2.28. The van der Waals surface area contributed by atoms with Crippen molar-refractivity contribution in [3.8, 4) is 5.75 Å². The Balaban J connectivity index is 0.00000280. The van der Waals surface area contributed by atoms with Crippen molar-refractivity contribution >= 4 is 52.6 Å². The Morgan fingerprint density at radius 2 is 2.07 bits per heavy atom. The van der Waals surface area contributed by atoms with E-state index in [1.807, 2.05) is 60.3 Å². The summed E-state index contributed by atoms with van der Waals surface area (Å²) in [5.74, 6) is 0.656. The summed E-state index contributed by atoms with van der Waals surface area (Å²) < 4.78 is 7.15. The molecule has 0 aliphatic heterocycles. The predicted octanol–water partition coefficient (Wildman–Crippen LogP) is 4.89. The highest BCUT2D eigenvalue weighted by Gasteiger charge is 2.09. The zero-order valence-electron chi connectivity index (χ0n) is 15.7. The number of nitrogens with one attached hydrogen (secondary N) is 1. The predicted molar refractivity (Wildman–Crippen MR) is 117 cm³/mol. The van der Waals surface area contributed by atoms with Crippen LogP contribution in [0.15, 0.2) is 52.8 Å². The van der Waals surface area contributed by atoms with E-state index in [2.05, 4.69) is 10.3 Å². The Morgan fingerprint density at radius 3 is 2.79 bits per heavy atom. The number of aromatic nitrogens is 1. The van der Waals surface area contributed by atoms with Gasteiger partial charge in [0.05, 0.1) is 19.2 Å². The number of rotatable bonds is 5. The van der Waals surface area contributed by atoms with Gasteiger partial charge in [-0.1, -0.05) is 23.7 Å². The van der Waals surface area contributed by atoms with E-state index in [1.165, 1.54) is 11.3 Å². The fourth-order valence-corrected chi connectivity index (χ4v) is 3.59. The number of halogens is 2. The van der Waals surface area contributed by atoms with Crippen molar-refractivity contribution in [2.45, 2.75) is 13.3 Å². The first-order valence-electron chi connectivity index (χ1n) is 8.34. The first-order valence-corrected chi connectivity index (χ1v) is 9.60. The molecular weight excluding hydrogens is 417 g/mol. The lowest BCUT2D eigenvalue weighted by Gasteiger charge is -2.07. The molecule has 0 aliphatic carbocycles. The highest BCUT2D eigenvalue weighted by molar-refractivity contribution is 7.07. The minimum atomic E-state index is -0.101. The van der Waals surface area contributed by atoms with E-state index in [1.54, 1.807) is 13.2 Å². The molecule has 0 saturated heterocycles. The molecule has 0 radical (unpaired) electrons. The average Bonchev–Trinajstić information content (AvgIpc) is 2.98. The van der Waals surface area contributed by atoms with Gasteiger partial charge in [0.1, 0.15) is 5.75 Å². The van der Waals surface area contributed by atoms with E-state index in [-0.39, 0.29) is 24.7 Å². The molecule has 0 bridgehead atoms. The summed E-state index contributed by atoms with van der Waals surface area (Å²) in [5, 5.41) is 5.46. The molecular formula is C20H21Cl2N3O2S. The second-order valence-electron chi connectivity index (χ2n) is 6.07. The molecule has 0 saturated carbocycles. The fraction of sp³-hybridized carbons (Fsp3) is 0.200. The topological polar surface area (TPSA) is 55.6 Å². The van der Waals surface area contributed by atoms with Gasteiger partial charge in [0.15, 0.2) is 4.80 Å². The SMILES string of the molecule is COc1cccc(N=c2scc(CC(=O)Nc3ccc(C)c(Cl)c3)n2C)c1.Cl. The number of methoxy groups -OCH3 is 1. The van der Waals surface area contributed by atoms with Crippen molar-refractivity contribution in [2.75, 3.05) is 12.4 Å². The molecule has 1 N–H and O–H groups in total. The van der Waals surface area contributed by atoms with E-state index in [4.69, 9.17) is 16.3 Å². The van der Waals surface area contributed by atoms with E-state index in [0.29, 0.717) is 10.7 Å². The van der Waals surface area contributed by atoms with Gasteiger partial charge in [-0.3, -0.25) is 4.79 Å². The molecule has 5 nitrogen and oxygen atoms in total. The van der Waals surface area contributed by atoms with Crippen molar-refractivity contribution in [2.24, 2.45) is 12.0 Å². The van der Waals surface area contributed by atoms with Gasteiger partial charge in [-0.2, -0.15) is 0 Å². The summed E-state index contributed by atoms with van der Waals surface area (Å²) in [5.41, 5.74) is 3.35. The lowest BCUT2D eigenvalue weighted by Crippen LogP contribution is -2.19. The lowest BCUT2D eigenvalue weighted by atomic mass is 10.2. The van der Waals surface area contributed by atoms with Crippen LogP contribution in [0.3, 0.4) is 0 Å². The van der Waals surface area contributed by atoms with Crippen LogP contribution in [0.5, 0.6) is 5.75 Å². The van der Waals surface area contributed by atoms with Crippen LogP contribution in [-0.2, 0) is 18.3 Å². The van der Waals surface area contributed by atoms with Crippen LogP contribution in [0.2, 0.25) is 5.02 Å². The number of benzene rings is 2. The van der Waals surface area contributed by atoms with Gasteiger partial charge in [-0.25, -0.2) is 4.99 Å². The smallest absolute Gasteiger partial charge is 0.230 e. The van der Waals surface area contributed by atoms with Crippen molar-refractivity contribution in [3.63, 3.8) is 0 Å². The standard InChI is InChI=1S/C20H20ClN3O2S.ClH/c1-13-7-8-15(10-18(13)21)22-19(25)11-16-12-27-20(24(16)2)23-14-5-4-6-17(9-14)26-3;/h4-10,12H,11H2,1-3H3,(H,22,25);1H. The molecule has 1 heterocycles. The Labute approximate surface area is 179 Å². The monoisotopic (exact) mass is 437 g/mol. The largest absolute Gasteiger partial charge is 0.497 e. The van der Waals surface area contributed by atoms with Crippen molar-refractivity contribution in [1.82, 2.24) is 4.57 Å². The van der Waals surface area contributed by atoms with Crippen LogP contribution < -0.4 is 14.9 Å². The van der Waals surface area contributed by atoms with E-state index >= 15 is 0 Å². The van der Waals surface area contributed by atoms with E-state index in [0.717, 1.165) is 27.5 Å². The molecule has 3 rings (SSSR count). The zero-order chi connectivity index (χ0) is 19.4. The quantitative estimate of drug-likeness (QED) is 0.617. The Bertz CT molecular complexity index is 1040. The third kappa shape index (κ3) is 5.38. The molecule has 1 aromatic heterocycles. The van der Waals surface area contributed by atoms with Gasteiger partial charge in [-0.15, -0.1) is 23.7 Å². The highest BCUT2D eigenvalue weighted by Crippen LogP contribution is 2.21. The maximum absolute atomic E-state index is 12.4. The molecule has 0 spiro atoms. The van der Waals surface area contributed by atoms with Crippen LogP contribution in [0.4, 0.5) is 11.4 Å². The first-order chi connectivity index (χ1) is 13.0. The van der Waals surface area contributed by atoms with Crippen LogP contribution in [0.25, 0.3) is 0 Å². The average molecular weight is 438 g/mol. The first kappa shape index (κ1) is 22.0. The van der Waals surface area contributed by atoms with Gasteiger partial charge in [0.2, 0.25) is 5.91 Å². The summed E-state index contributed by atoms with van der Waals surface area (Å²) in [6, 6.07) is 13.0. The number of thiazole rings is 1. The van der Waals surface area contributed by atoms with E-state index < -0.39 is 0 Å². The van der Waals surface area contributed by atoms with Gasteiger partial charge in [0.25, 0.3) is 0 Å². The van der Waals surface area contributed by atoms with Crippen LogP contribution in [-0.4, -0.2) is 17.6 Å². The van der Waals surface area contributed by atoms with Gasteiger partial charge in [-0.05, 0) is 36.8 Å². The molecule has 0 unspecified atom stereocenters. The van der Waals surface area contributed by atoms with Crippen LogP contribution in [0, 0.1) is 6.92 Å². The second-order valence-corrected chi connectivity index (χ2v) is 7.31.